The lowest BCUT2D eigenvalue weighted by molar-refractivity contribution is -0.121. The molecule has 2 saturated carbocycles. The zero-order chi connectivity index (χ0) is 11.5. The second-order valence-electron chi connectivity index (χ2n) is 5.94. The molecule has 0 aromatic rings. The summed E-state index contributed by atoms with van der Waals surface area (Å²) in [6, 6.07) is 0. The molecule has 0 heterocycles. The molecule has 0 saturated heterocycles. The fourth-order valence-electron chi connectivity index (χ4n) is 3.73. The van der Waals surface area contributed by atoms with Crippen LogP contribution >= 0.6 is 0 Å². The van der Waals surface area contributed by atoms with Crippen LogP contribution in [0.5, 0.6) is 0 Å². The molecule has 2 bridgehead atoms. The van der Waals surface area contributed by atoms with Gasteiger partial charge < -0.3 is 4.74 Å². The molecule has 2 heteroatoms. The van der Waals surface area contributed by atoms with Crippen LogP contribution in [0.2, 0.25) is 0 Å². The van der Waals surface area contributed by atoms with Crippen LogP contribution < -0.4 is 0 Å². The molecule has 0 N–H and O–H groups in total. The SMILES string of the molecule is COCC(C)CC(=O)CC1CC2CCC1C2. The molecule has 2 aliphatic carbocycles. The van der Waals surface area contributed by atoms with Crippen molar-refractivity contribution in [3.8, 4) is 0 Å². The summed E-state index contributed by atoms with van der Waals surface area (Å²) in [6.45, 7) is 2.81. The predicted molar refractivity (Wildman–Crippen MR) is 64.2 cm³/mol. The lowest BCUT2D eigenvalue weighted by atomic mass is 9.84. The average molecular weight is 224 g/mol. The molecule has 2 aliphatic rings. The van der Waals surface area contributed by atoms with Gasteiger partial charge in [-0.15, -0.1) is 0 Å². The summed E-state index contributed by atoms with van der Waals surface area (Å²) in [4.78, 5) is 11.9. The molecule has 4 unspecified atom stereocenters. The number of methoxy groups -OCH3 is 1. The van der Waals surface area contributed by atoms with E-state index in [2.05, 4.69) is 6.92 Å². The van der Waals surface area contributed by atoms with Gasteiger partial charge in [0, 0.05) is 26.6 Å². The highest BCUT2D eigenvalue weighted by Gasteiger charge is 2.39. The van der Waals surface area contributed by atoms with Crippen LogP contribution in [0.25, 0.3) is 0 Å². The molecular formula is C14H24O2. The smallest absolute Gasteiger partial charge is 0.133 e. The van der Waals surface area contributed by atoms with E-state index >= 15 is 0 Å². The van der Waals surface area contributed by atoms with Crippen molar-refractivity contribution in [2.24, 2.45) is 23.7 Å². The molecule has 0 aliphatic heterocycles. The van der Waals surface area contributed by atoms with E-state index in [1.807, 2.05) is 0 Å². The van der Waals surface area contributed by atoms with Gasteiger partial charge in [-0.05, 0) is 42.9 Å². The number of hydrogen-bond donors (Lipinski definition) is 0. The molecule has 0 aromatic carbocycles. The third-order valence-corrected chi connectivity index (χ3v) is 4.40. The van der Waals surface area contributed by atoms with E-state index in [1.54, 1.807) is 7.11 Å². The monoisotopic (exact) mass is 224 g/mol. The Kier molecular flexibility index (Phi) is 4.01. The topological polar surface area (TPSA) is 26.3 Å². The summed E-state index contributed by atoms with van der Waals surface area (Å²) < 4.78 is 5.07. The minimum Gasteiger partial charge on any atom is -0.384 e. The second-order valence-corrected chi connectivity index (χ2v) is 5.94. The summed E-state index contributed by atoms with van der Waals surface area (Å²) in [5.41, 5.74) is 0. The molecule has 2 rings (SSSR count). The number of carbonyl (C=O) groups excluding carboxylic acids is 1. The molecule has 0 aromatic heterocycles. The minimum absolute atomic E-state index is 0.385. The lowest BCUT2D eigenvalue weighted by Gasteiger charge is -2.21. The van der Waals surface area contributed by atoms with Crippen molar-refractivity contribution in [3.05, 3.63) is 0 Å². The van der Waals surface area contributed by atoms with Crippen molar-refractivity contribution in [2.75, 3.05) is 13.7 Å². The van der Waals surface area contributed by atoms with E-state index in [0.29, 0.717) is 24.7 Å². The highest BCUT2D eigenvalue weighted by Crippen LogP contribution is 2.49. The average Bonchev–Trinajstić information content (AvgIpc) is 2.78. The van der Waals surface area contributed by atoms with Crippen LogP contribution in [0, 0.1) is 23.7 Å². The maximum absolute atomic E-state index is 11.9. The summed E-state index contributed by atoms with van der Waals surface area (Å²) >= 11 is 0. The van der Waals surface area contributed by atoms with E-state index in [1.165, 1.54) is 25.7 Å². The van der Waals surface area contributed by atoms with Gasteiger partial charge in [0.2, 0.25) is 0 Å². The van der Waals surface area contributed by atoms with Gasteiger partial charge in [0.25, 0.3) is 0 Å². The quantitative estimate of drug-likeness (QED) is 0.693. The van der Waals surface area contributed by atoms with Gasteiger partial charge in [0.15, 0.2) is 0 Å². The molecule has 4 atom stereocenters. The van der Waals surface area contributed by atoms with Crippen molar-refractivity contribution in [2.45, 2.75) is 45.4 Å². The molecule has 0 radical (unpaired) electrons. The fraction of sp³-hybridized carbons (Fsp3) is 0.929. The summed E-state index contributed by atoms with van der Waals surface area (Å²) in [5, 5.41) is 0. The molecule has 2 nitrogen and oxygen atoms in total. The second kappa shape index (κ2) is 5.31. The third kappa shape index (κ3) is 2.85. The number of ketones is 1. The van der Waals surface area contributed by atoms with Crippen molar-refractivity contribution in [1.29, 1.82) is 0 Å². The van der Waals surface area contributed by atoms with E-state index in [0.717, 1.165) is 24.2 Å². The van der Waals surface area contributed by atoms with Gasteiger partial charge in [-0.3, -0.25) is 4.79 Å². The van der Waals surface area contributed by atoms with E-state index in [9.17, 15) is 4.79 Å². The third-order valence-electron chi connectivity index (χ3n) is 4.40. The number of fused-ring (bicyclic) bond motifs is 2. The first-order valence-electron chi connectivity index (χ1n) is 6.69. The molecule has 92 valence electrons. The minimum atomic E-state index is 0.385. The van der Waals surface area contributed by atoms with Crippen molar-refractivity contribution < 1.29 is 9.53 Å². The van der Waals surface area contributed by atoms with Crippen LogP contribution in [-0.2, 0) is 9.53 Å². The Morgan fingerprint density at radius 1 is 1.38 bits per heavy atom. The highest BCUT2D eigenvalue weighted by molar-refractivity contribution is 5.78. The molecule has 0 spiro atoms. The number of Topliss-reactive ketones (excluding diaryl/α,β-unsaturated/α-hetero) is 1. The maximum atomic E-state index is 11.9. The fourth-order valence-corrected chi connectivity index (χ4v) is 3.73. The van der Waals surface area contributed by atoms with Gasteiger partial charge in [0.05, 0.1) is 0 Å². The van der Waals surface area contributed by atoms with Gasteiger partial charge in [-0.2, -0.15) is 0 Å². The van der Waals surface area contributed by atoms with Crippen LogP contribution in [0.4, 0.5) is 0 Å². The molecular weight excluding hydrogens is 200 g/mol. The highest BCUT2D eigenvalue weighted by atomic mass is 16.5. The zero-order valence-electron chi connectivity index (χ0n) is 10.6. The van der Waals surface area contributed by atoms with Crippen molar-refractivity contribution in [3.63, 3.8) is 0 Å². The number of carbonyl (C=O) groups is 1. The predicted octanol–water partition coefficient (Wildman–Crippen LogP) is 3.05. The Morgan fingerprint density at radius 2 is 2.19 bits per heavy atom. The number of hydrogen-bond acceptors (Lipinski definition) is 2. The number of ether oxygens (including phenoxy) is 1. The van der Waals surface area contributed by atoms with Gasteiger partial charge >= 0.3 is 0 Å². The lowest BCUT2D eigenvalue weighted by Crippen LogP contribution is -2.18. The Bertz CT molecular complexity index is 249. The van der Waals surface area contributed by atoms with Crippen LogP contribution in [0.1, 0.15) is 45.4 Å². The Morgan fingerprint density at radius 3 is 2.75 bits per heavy atom. The van der Waals surface area contributed by atoms with Gasteiger partial charge in [-0.25, -0.2) is 0 Å². The summed E-state index contributed by atoms with van der Waals surface area (Å²) in [7, 11) is 1.71. The first-order valence-corrected chi connectivity index (χ1v) is 6.69. The first-order chi connectivity index (χ1) is 7.69. The zero-order valence-corrected chi connectivity index (χ0v) is 10.6. The summed E-state index contributed by atoms with van der Waals surface area (Å²) in [6.07, 6.45) is 7.10. The maximum Gasteiger partial charge on any atom is 0.133 e. The van der Waals surface area contributed by atoms with E-state index < -0.39 is 0 Å². The standard InChI is InChI=1S/C14H24O2/c1-10(9-16-2)5-14(15)8-13-7-11-3-4-12(13)6-11/h10-13H,3-9H2,1-2H3. The largest absolute Gasteiger partial charge is 0.384 e. The van der Waals surface area contributed by atoms with E-state index in [4.69, 9.17) is 4.74 Å². The summed E-state index contributed by atoms with van der Waals surface area (Å²) in [5.74, 6) is 3.41. The molecule has 0 amide bonds. The molecule has 2 fully saturated rings. The normalized spacial score (nSPS) is 34.2. The van der Waals surface area contributed by atoms with Crippen LogP contribution in [0.3, 0.4) is 0 Å². The Hall–Kier alpha value is -0.370. The van der Waals surface area contributed by atoms with Crippen LogP contribution in [-0.4, -0.2) is 19.5 Å². The van der Waals surface area contributed by atoms with Crippen molar-refractivity contribution in [1.82, 2.24) is 0 Å². The van der Waals surface area contributed by atoms with E-state index in [-0.39, 0.29) is 0 Å². The van der Waals surface area contributed by atoms with Crippen LogP contribution in [0.15, 0.2) is 0 Å². The first kappa shape index (κ1) is 12.1. The Balaban J connectivity index is 1.71. The van der Waals surface area contributed by atoms with Crippen molar-refractivity contribution >= 4 is 5.78 Å². The Labute approximate surface area is 98.7 Å². The van der Waals surface area contributed by atoms with Gasteiger partial charge in [0.1, 0.15) is 5.78 Å². The number of rotatable bonds is 6. The van der Waals surface area contributed by atoms with Gasteiger partial charge in [-0.1, -0.05) is 13.3 Å². The molecule has 16 heavy (non-hydrogen) atoms.